The van der Waals surface area contributed by atoms with Crippen molar-refractivity contribution in [3.63, 3.8) is 0 Å². The molecule has 0 aromatic carbocycles. The molecule has 2 aliphatic rings. The second-order valence-electron chi connectivity index (χ2n) is 8.08. The van der Waals surface area contributed by atoms with E-state index >= 15 is 0 Å². The summed E-state index contributed by atoms with van der Waals surface area (Å²) >= 11 is 0. The largest absolute Gasteiger partial charge is 0.317 e. The third-order valence-corrected chi connectivity index (χ3v) is 5.92. The molecule has 0 spiro atoms. The van der Waals surface area contributed by atoms with Gasteiger partial charge in [-0.3, -0.25) is 9.80 Å². The fourth-order valence-corrected chi connectivity index (χ4v) is 4.36. The fourth-order valence-electron chi connectivity index (χ4n) is 4.36. The summed E-state index contributed by atoms with van der Waals surface area (Å²) in [5.74, 6) is 3.54. The highest BCUT2D eigenvalue weighted by atomic mass is 15.3. The third kappa shape index (κ3) is 4.52. The van der Waals surface area contributed by atoms with Crippen molar-refractivity contribution in [1.29, 1.82) is 0 Å². The molecule has 4 heterocycles. The number of aryl methyl sites for hydroxylation is 1. The Morgan fingerprint density at radius 1 is 0.926 bits per heavy atom. The Labute approximate surface area is 161 Å². The quantitative estimate of drug-likeness (QED) is 0.806. The van der Waals surface area contributed by atoms with Crippen molar-refractivity contribution in [2.75, 3.05) is 26.2 Å². The molecule has 4 rings (SSSR count). The van der Waals surface area contributed by atoms with Gasteiger partial charge in [0.15, 0.2) is 0 Å². The lowest BCUT2D eigenvalue weighted by atomic mass is 9.97. The first-order valence-electron chi connectivity index (χ1n) is 10.3. The molecule has 2 fully saturated rings. The van der Waals surface area contributed by atoms with E-state index in [0.29, 0.717) is 5.92 Å². The molecule has 2 aliphatic heterocycles. The van der Waals surface area contributed by atoms with Crippen molar-refractivity contribution in [3.05, 3.63) is 35.4 Å². The number of rotatable bonds is 5. The Morgan fingerprint density at radius 2 is 1.67 bits per heavy atom. The summed E-state index contributed by atoms with van der Waals surface area (Å²) in [6.45, 7) is 8.31. The molecule has 0 N–H and O–H groups in total. The molecule has 0 radical (unpaired) electrons. The van der Waals surface area contributed by atoms with Crippen molar-refractivity contribution in [1.82, 2.24) is 34.5 Å². The van der Waals surface area contributed by atoms with Crippen LogP contribution < -0.4 is 0 Å². The highest BCUT2D eigenvalue weighted by Crippen LogP contribution is 2.27. The van der Waals surface area contributed by atoms with Gasteiger partial charge in [0.25, 0.3) is 0 Å². The predicted molar refractivity (Wildman–Crippen MR) is 104 cm³/mol. The first-order valence-corrected chi connectivity index (χ1v) is 10.3. The molecule has 7 nitrogen and oxygen atoms in total. The minimum absolute atomic E-state index is 0.456. The van der Waals surface area contributed by atoms with E-state index in [1.165, 1.54) is 50.8 Å². The SMILES string of the molecule is Cc1ncc(CN2CCC[C@H](c3nnc(CN4CCCCC4)n3C)C2)cn1. The van der Waals surface area contributed by atoms with Crippen molar-refractivity contribution in [2.45, 2.75) is 58.0 Å². The lowest BCUT2D eigenvalue weighted by Crippen LogP contribution is -2.35. The average molecular weight is 370 g/mol. The van der Waals surface area contributed by atoms with Crippen LogP contribution >= 0.6 is 0 Å². The molecule has 0 bridgehead atoms. The lowest BCUT2D eigenvalue weighted by molar-refractivity contribution is 0.193. The maximum absolute atomic E-state index is 4.59. The van der Waals surface area contributed by atoms with Crippen LogP contribution in [0.3, 0.4) is 0 Å². The Kier molecular flexibility index (Phi) is 5.78. The van der Waals surface area contributed by atoms with Gasteiger partial charge in [-0.2, -0.15) is 0 Å². The summed E-state index contributed by atoms with van der Waals surface area (Å²) in [5, 5.41) is 9.13. The Bertz CT molecular complexity index is 733. The summed E-state index contributed by atoms with van der Waals surface area (Å²) in [4.78, 5) is 13.7. The van der Waals surface area contributed by atoms with Crippen LogP contribution in [0.2, 0.25) is 0 Å². The molecule has 0 unspecified atom stereocenters. The zero-order valence-electron chi connectivity index (χ0n) is 16.6. The van der Waals surface area contributed by atoms with E-state index in [4.69, 9.17) is 0 Å². The van der Waals surface area contributed by atoms with E-state index in [1.807, 2.05) is 19.3 Å². The van der Waals surface area contributed by atoms with Crippen molar-refractivity contribution in [3.8, 4) is 0 Å². The maximum atomic E-state index is 4.59. The van der Waals surface area contributed by atoms with Gasteiger partial charge in [0.1, 0.15) is 17.5 Å². The molecule has 146 valence electrons. The van der Waals surface area contributed by atoms with Gasteiger partial charge in [0.05, 0.1) is 6.54 Å². The highest BCUT2D eigenvalue weighted by Gasteiger charge is 2.26. The van der Waals surface area contributed by atoms with Gasteiger partial charge in [-0.05, 0) is 52.2 Å². The molecule has 7 heteroatoms. The second-order valence-corrected chi connectivity index (χ2v) is 8.08. The number of piperidine rings is 2. The molecule has 27 heavy (non-hydrogen) atoms. The number of hydrogen-bond acceptors (Lipinski definition) is 6. The van der Waals surface area contributed by atoms with Crippen molar-refractivity contribution >= 4 is 0 Å². The summed E-state index contributed by atoms with van der Waals surface area (Å²) < 4.78 is 2.25. The first-order chi connectivity index (χ1) is 13.2. The normalized spacial score (nSPS) is 22.2. The Balaban J connectivity index is 1.39. The van der Waals surface area contributed by atoms with Crippen LogP contribution in [0.5, 0.6) is 0 Å². The molecule has 2 aromatic rings. The van der Waals surface area contributed by atoms with Crippen LogP contribution in [-0.4, -0.2) is 60.7 Å². The van der Waals surface area contributed by atoms with Gasteiger partial charge < -0.3 is 4.57 Å². The zero-order valence-corrected chi connectivity index (χ0v) is 16.6. The molecular weight excluding hydrogens is 338 g/mol. The second kappa shape index (κ2) is 8.44. The predicted octanol–water partition coefficient (Wildman–Crippen LogP) is 2.28. The Morgan fingerprint density at radius 3 is 2.44 bits per heavy atom. The van der Waals surface area contributed by atoms with Gasteiger partial charge in [-0.25, -0.2) is 9.97 Å². The maximum Gasteiger partial charge on any atom is 0.146 e. The molecule has 1 atom stereocenters. The van der Waals surface area contributed by atoms with Gasteiger partial charge in [0, 0.05) is 44.0 Å². The van der Waals surface area contributed by atoms with Crippen molar-refractivity contribution in [2.24, 2.45) is 7.05 Å². The van der Waals surface area contributed by atoms with E-state index in [9.17, 15) is 0 Å². The number of likely N-dealkylation sites (tertiary alicyclic amines) is 2. The molecule has 0 saturated carbocycles. The third-order valence-electron chi connectivity index (χ3n) is 5.92. The van der Waals surface area contributed by atoms with E-state index in [0.717, 1.165) is 43.7 Å². The summed E-state index contributed by atoms with van der Waals surface area (Å²) in [6, 6.07) is 0. The smallest absolute Gasteiger partial charge is 0.146 e. The van der Waals surface area contributed by atoms with Crippen LogP contribution in [0.25, 0.3) is 0 Å². The minimum atomic E-state index is 0.456. The van der Waals surface area contributed by atoms with E-state index < -0.39 is 0 Å². The van der Waals surface area contributed by atoms with E-state index in [-0.39, 0.29) is 0 Å². The topological polar surface area (TPSA) is 63.0 Å². The number of aromatic nitrogens is 5. The highest BCUT2D eigenvalue weighted by molar-refractivity contribution is 5.07. The van der Waals surface area contributed by atoms with E-state index in [1.54, 1.807) is 0 Å². The zero-order chi connectivity index (χ0) is 18.6. The van der Waals surface area contributed by atoms with Gasteiger partial charge >= 0.3 is 0 Å². The van der Waals surface area contributed by atoms with Crippen molar-refractivity contribution < 1.29 is 0 Å². The van der Waals surface area contributed by atoms with Crippen LogP contribution in [0.1, 0.15) is 61.1 Å². The molecule has 0 amide bonds. The summed E-state index contributed by atoms with van der Waals surface area (Å²) in [7, 11) is 2.14. The Hall–Kier alpha value is -1.86. The fraction of sp³-hybridized carbons (Fsp3) is 0.700. The van der Waals surface area contributed by atoms with Crippen LogP contribution in [0.4, 0.5) is 0 Å². The average Bonchev–Trinajstić information content (AvgIpc) is 3.05. The summed E-state index contributed by atoms with van der Waals surface area (Å²) in [6.07, 6.45) is 10.3. The molecular formula is C20H31N7. The van der Waals surface area contributed by atoms with Crippen LogP contribution in [0.15, 0.2) is 12.4 Å². The van der Waals surface area contributed by atoms with Gasteiger partial charge in [0.2, 0.25) is 0 Å². The summed E-state index contributed by atoms with van der Waals surface area (Å²) in [5.41, 5.74) is 1.19. The van der Waals surface area contributed by atoms with Gasteiger partial charge in [-0.1, -0.05) is 6.42 Å². The minimum Gasteiger partial charge on any atom is -0.317 e. The molecule has 2 aromatic heterocycles. The van der Waals surface area contributed by atoms with E-state index in [2.05, 4.69) is 41.6 Å². The number of nitrogens with zero attached hydrogens (tertiary/aromatic N) is 7. The van der Waals surface area contributed by atoms with Crippen LogP contribution in [-0.2, 0) is 20.1 Å². The monoisotopic (exact) mass is 369 g/mol. The van der Waals surface area contributed by atoms with Gasteiger partial charge in [-0.15, -0.1) is 10.2 Å². The standard InChI is InChI=1S/C20H31N7/c1-16-21-11-17(12-22-16)13-27-10-6-7-18(14-27)20-24-23-19(25(20)2)15-26-8-4-3-5-9-26/h11-12,18H,3-10,13-15H2,1-2H3/t18-/m0/s1. The number of hydrogen-bond donors (Lipinski definition) is 0. The lowest BCUT2D eigenvalue weighted by Gasteiger charge is -2.32. The molecule has 0 aliphatic carbocycles. The first kappa shape index (κ1) is 18.5. The van der Waals surface area contributed by atoms with Crippen LogP contribution in [0, 0.1) is 6.92 Å². The molecule has 2 saturated heterocycles.